The average Bonchev–Trinajstić information content (AvgIpc) is 2.95. The highest BCUT2D eigenvalue weighted by Gasteiger charge is 2.32. The van der Waals surface area contributed by atoms with E-state index in [4.69, 9.17) is 4.74 Å². The molecular formula is C33H39FN2O3. The van der Waals surface area contributed by atoms with Gasteiger partial charge < -0.3 is 15.0 Å². The molecule has 0 saturated heterocycles. The topological polar surface area (TPSA) is 58.6 Å². The van der Waals surface area contributed by atoms with Crippen molar-refractivity contribution >= 4 is 11.8 Å². The van der Waals surface area contributed by atoms with Gasteiger partial charge in [-0.1, -0.05) is 99.8 Å². The summed E-state index contributed by atoms with van der Waals surface area (Å²) in [6.45, 7) is 3.86. The fraction of sp³-hybridized carbons (Fsp3) is 0.394. The van der Waals surface area contributed by atoms with Crippen LogP contribution in [-0.2, 0) is 22.6 Å². The SMILES string of the molecule is CC(C)c1ccccc1OCC(=O)N(Cc1ccccc1F)[C@@H](Cc1ccccc1)C(=O)NC1CCCCC1. The van der Waals surface area contributed by atoms with E-state index >= 15 is 0 Å². The second kappa shape index (κ2) is 13.9. The van der Waals surface area contributed by atoms with Crippen LogP contribution in [0.1, 0.15) is 68.6 Å². The summed E-state index contributed by atoms with van der Waals surface area (Å²) in [5.41, 5.74) is 2.29. The van der Waals surface area contributed by atoms with E-state index in [9.17, 15) is 14.0 Å². The molecule has 0 aromatic heterocycles. The maximum atomic E-state index is 14.8. The fourth-order valence-electron chi connectivity index (χ4n) is 5.22. The van der Waals surface area contributed by atoms with Crippen molar-refractivity contribution in [1.29, 1.82) is 0 Å². The summed E-state index contributed by atoms with van der Waals surface area (Å²) < 4.78 is 20.8. The van der Waals surface area contributed by atoms with E-state index in [1.165, 1.54) is 17.4 Å². The highest BCUT2D eigenvalue weighted by Crippen LogP contribution is 2.26. The Hall–Kier alpha value is -3.67. The zero-order valence-electron chi connectivity index (χ0n) is 22.9. The Kier molecular flexibility index (Phi) is 10.1. The maximum absolute atomic E-state index is 14.8. The van der Waals surface area contributed by atoms with Crippen LogP contribution in [-0.4, -0.2) is 35.4 Å². The summed E-state index contributed by atoms with van der Waals surface area (Å²) in [7, 11) is 0. The fourth-order valence-corrected chi connectivity index (χ4v) is 5.22. The lowest BCUT2D eigenvalue weighted by Crippen LogP contribution is -2.53. The lowest BCUT2D eigenvalue weighted by Gasteiger charge is -2.33. The molecule has 0 heterocycles. The number of para-hydroxylation sites is 1. The smallest absolute Gasteiger partial charge is 0.261 e. The number of ether oxygens (including phenoxy) is 1. The molecule has 3 aromatic rings. The highest BCUT2D eigenvalue weighted by molar-refractivity contribution is 5.88. The zero-order valence-corrected chi connectivity index (χ0v) is 22.9. The van der Waals surface area contributed by atoms with Gasteiger partial charge in [-0.25, -0.2) is 4.39 Å². The van der Waals surface area contributed by atoms with Crippen molar-refractivity contribution in [2.75, 3.05) is 6.61 Å². The molecular weight excluding hydrogens is 491 g/mol. The van der Waals surface area contributed by atoms with Crippen molar-refractivity contribution in [2.24, 2.45) is 0 Å². The monoisotopic (exact) mass is 530 g/mol. The Morgan fingerprint density at radius 2 is 1.59 bits per heavy atom. The largest absolute Gasteiger partial charge is 0.483 e. The second-order valence-electron chi connectivity index (χ2n) is 10.6. The number of nitrogens with one attached hydrogen (secondary N) is 1. The van der Waals surface area contributed by atoms with Crippen LogP contribution in [0.5, 0.6) is 5.75 Å². The van der Waals surface area contributed by atoms with Gasteiger partial charge in [0.25, 0.3) is 5.91 Å². The van der Waals surface area contributed by atoms with Crippen LogP contribution >= 0.6 is 0 Å². The lowest BCUT2D eigenvalue weighted by molar-refractivity contribution is -0.143. The van der Waals surface area contributed by atoms with E-state index in [0.29, 0.717) is 17.7 Å². The number of hydrogen-bond acceptors (Lipinski definition) is 3. The summed E-state index contributed by atoms with van der Waals surface area (Å²) in [5.74, 6) is -0.127. The molecule has 4 rings (SSSR count). The first-order valence-corrected chi connectivity index (χ1v) is 14.0. The maximum Gasteiger partial charge on any atom is 0.261 e. The molecule has 1 aliphatic rings. The molecule has 1 fully saturated rings. The van der Waals surface area contributed by atoms with Crippen LogP contribution in [0.2, 0.25) is 0 Å². The molecule has 0 aliphatic heterocycles. The van der Waals surface area contributed by atoms with Crippen molar-refractivity contribution in [1.82, 2.24) is 10.2 Å². The third kappa shape index (κ3) is 7.92. The van der Waals surface area contributed by atoms with Crippen LogP contribution < -0.4 is 10.1 Å². The summed E-state index contributed by atoms with van der Waals surface area (Å²) in [6, 6.07) is 23.0. The molecule has 206 valence electrons. The number of amides is 2. The third-order valence-corrected chi connectivity index (χ3v) is 7.41. The summed E-state index contributed by atoms with van der Waals surface area (Å²) in [5, 5.41) is 3.21. The van der Waals surface area contributed by atoms with Gasteiger partial charge in [0.05, 0.1) is 0 Å². The van der Waals surface area contributed by atoms with Crippen LogP contribution in [0, 0.1) is 5.82 Å². The van der Waals surface area contributed by atoms with Crippen molar-refractivity contribution < 1.29 is 18.7 Å². The van der Waals surface area contributed by atoms with E-state index in [-0.39, 0.29) is 36.9 Å². The van der Waals surface area contributed by atoms with E-state index in [1.807, 2.05) is 54.6 Å². The normalized spacial score (nSPS) is 14.6. The minimum absolute atomic E-state index is 0.0315. The summed E-state index contributed by atoms with van der Waals surface area (Å²) in [6.07, 6.45) is 5.51. The van der Waals surface area contributed by atoms with E-state index in [2.05, 4.69) is 19.2 Å². The molecule has 0 unspecified atom stereocenters. The first-order valence-electron chi connectivity index (χ1n) is 14.0. The number of carbonyl (C=O) groups excluding carboxylic acids is 2. The van der Waals surface area contributed by atoms with Crippen LogP contribution in [0.4, 0.5) is 4.39 Å². The van der Waals surface area contributed by atoms with Gasteiger partial charge in [-0.15, -0.1) is 0 Å². The van der Waals surface area contributed by atoms with Crippen molar-refractivity contribution in [3.63, 3.8) is 0 Å². The van der Waals surface area contributed by atoms with Gasteiger partial charge in [0.15, 0.2) is 6.61 Å². The molecule has 1 saturated carbocycles. The van der Waals surface area contributed by atoms with E-state index < -0.39 is 11.9 Å². The molecule has 6 heteroatoms. The first-order chi connectivity index (χ1) is 18.9. The Labute approximate surface area is 231 Å². The molecule has 1 aliphatic carbocycles. The van der Waals surface area contributed by atoms with Crippen molar-refractivity contribution in [3.05, 3.63) is 101 Å². The van der Waals surface area contributed by atoms with Gasteiger partial charge in [-0.05, 0) is 42.0 Å². The summed E-state index contributed by atoms with van der Waals surface area (Å²) in [4.78, 5) is 29.1. The molecule has 0 spiro atoms. The van der Waals surface area contributed by atoms with Crippen LogP contribution in [0.15, 0.2) is 78.9 Å². The number of rotatable bonds is 11. The molecule has 0 bridgehead atoms. The first kappa shape index (κ1) is 28.3. The Balaban J connectivity index is 1.63. The second-order valence-corrected chi connectivity index (χ2v) is 10.6. The average molecular weight is 531 g/mol. The van der Waals surface area contributed by atoms with Crippen molar-refractivity contribution in [2.45, 2.75) is 76.9 Å². The Morgan fingerprint density at radius 1 is 0.923 bits per heavy atom. The quantitative estimate of drug-likeness (QED) is 0.311. The Morgan fingerprint density at radius 3 is 2.31 bits per heavy atom. The molecule has 2 amide bonds. The standard InChI is InChI=1S/C33H39FN2O3/c1-24(2)28-18-10-12-20-31(28)39-23-32(37)36(22-26-15-9-11-19-29(26)34)30(21-25-13-5-3-6-14-25)33(38)35-27-16-7-4-8-17-27/h3,5-6,9-15,18-20,24,27,30H,4,7-8,16-17,21-23H2,1-2H3,(H,35,38)/t30-/m0/s1. The highest BCUT2D eigenvalue weighted by atomic mass is 19.1. The van der Waals surface area contributed by atoms with Crippen LogP contribution in [0.25, 0.3) is 0 Å². The van der Waals surface area contributed by atoms with Gasteiger partial charge in [0.2, 0.25) is 5.91 Å². The number of benzene rings is 3. The van der Waals surface area contributed by atoms with Gasteiger partial charge in [0.1, 0.15) is 17.6 Å². The van der Waals surface area contributed by atoms with Gasteiger partial charge in [-0.3, -0.25) is 9.59 Å². The summed E-state index contributed by atoms with van der Waals surface area (Å²) >= 11 is 0. The molecule has 39 heavy (non-hydrogen) atoms. The van der Waals surface area contributed by atoms with E-state index in [0.717, 1.165) is 36.8 Å². The number of hydrogen-bond donors (Lipinski definition) is 1. The molecule has 5 nitrogen and oxygen atoms in total. The minimum atomic E-state index is -0.814. The zero-order chi connectivity index (χ0) is 27.6. The number of halogens is 1. The molecule has 1 N–H and O–H groups in total. The molecule has 0 radical (unpaired) electrons. The third-order valence-electron chi connectivity index (χ3n) is 7.41. The van der Waals surface area contributed by atoms with Gasteiger partial charge >= 0.3 is 0 Å². The Bertz CT molecular complexity index is 1220. The molecule has 3 aromatic carbocycles. The lowest BCUT2D eigenvalue weighted by atomic mass is 9.94. The predicted octanol–water partition coefficient (Wildman–Crippen LogP) is 6.42. The predicted molar refractivity (Wildman–Crippen MR) is 152 cm³/mol. The number of carbonyl (C=O) groups is 2. The van der Waals surface area contributed by atoms with Crippen LogP contribution in [0.3, 0.4) is 0 Å². The van der Waals surface area contributed by atoms with Gasteiger partial charge in [0, 0.05) is 24.6 Å². The number of nitrogens with zero attached hydrogens (tertiary/aromatic N) is 1. The van der Waals surface area contributed by atoms with Gasteiger partial charge in [-0.2, -0.15) is 0 Å². The minimum Gasteiger partial charge on any atom is -0.483 e. The van der Waals surface area contributed by atoms with Crippen molar-refractivity contribution in [3.8, 4) is 5.75 Å². The van der Waals surface area contributed by atoms with E-state index in [1.54, 1.807) is 18.2 Å². The molecule has 1 atom stereocenters.